The fraction of sp³-hybridized carbons (Fsp3) is 0.611. The molecule has 1 aromatic carbocycles. The third-order valence-corrected chi connectivity index (χ3v) is 3.86. The van der Waals surface area contributed by atoms with Crippen LogP contribution in [0.4, 0.5) is 13.2 Å². The van der Waals surface area contributed by atoms with Crippen LogP contribution in [-0.4, -0.2) is 56.9 Å². The lowest BCUT2D eigenvalue weighted by atomic mass is 10.1. The maximum absolute atomic E-state index is 12.1. The molecule has 0 bridgehead atoms. The number of likely N-dealkylation sites (N-methyl/N-ethyl adjacent to an activating group) is 1. The quantitative estimate of drug-likeness (QED) is 0.488. The van der Waals surface area contributed by atoms with Gasteiger partial charge in [0.25, 0.3) is 0 Å². The van der Waals surface area contributed by atoms with Gasteiger partial charge in [-0.05, 0) is 24.2 Å². The van der Waals surface area contributed by atoms with Crippen molar-refractivity contribution in [3.8, 4) is 0 Å². The Morgan fingerprint density at radius 1 is 1.08 bits per heavy atom. The Hall–Kier alpha value is -1.80. The van der Waals surface area contributed by atoms with Crippen LogP contribution in [0.3, 0.4) is 0 Å². The predicted molar refractivity (Wildman–Crippen MR) is 98.1 cm³/mol. The minimum atomic E-state index is -4.29. The van der Waals surface area contributed by atoms with Gasteiger partial charge in [0, 0.05) is 26.7 Å². The summed E-state index contributed by atoms with van der Waals surface area (Å²) in [4.78, 5) is 6.50. The first-order chi connectivity index (χ1) is 12.4. The van der Waals surface area contributed by atoms with Crippen molar-refractivity contribution in [3.05, 3.63) is 35.4 Å². The van der Waals surface area contributed by atoms with E-state index >= 15 is 0 Å². The van der Waals surface area contributed by atoms with Crippen LogP contribution in [0.5, 0.6) is 0 Å². The van der Waals surface area contributed by atoms with E-state index in [4.69, 9.17) is 0 Å². The highest BCUT2D eigenvalue weighted by atomic mass is 19.4. The molecular formula is C18H29F3N4O. The van der Waals surface area contributed by atoms with Crippen molar-refractivity contribution in [2.45, 2.75) is 33.2 Å². The van der Waals surface area contributed by atoms with E-state index in [1.165, 1.54) is 0 Å². The average Bonchev–Trinajstić information content (AvgIpc) is 2.61. The van der Waals surface area contributed by atoms with Gasteiger partial charge >= 0.3 is 6.18 Å². The van der Waals surface area contributed by atoms with Crippen LogP contribution in [0.25, 0.3) is 0 Å². The Bertz CT molecular complexity index is 528. The van der Waals surface area contributed by atoms with E-state index < -0.39 is 12.8 Å². The van der Waals surface area contributed by atoms with E-state index in [0.29, 0.717) is 12.1 Å². The molecule has 0 aliphatic heterocycles. The Labute approximate surface area is 153 Å². The van der Waals surface area contributed by atoms with Crippen molar-refractivity contribution in [1.29, 1.82) is 0 Å². The minimum absolute atomic E-state index is 0.0538. The molecule has 0 aliphatic carbocycles. The smallest absolute Gasteiger partial charge is 0.367 e. The zero-order valence-electron chi connectivity index (χ0n) is 15.7. The molecule has 2 N–H and O–H groups in total. The van der Waals surface area contributed by atoms with E-state index in [2.05, 4.69) is 39.1 Å². The summed E-state index contributed by atoms with van der Waals surface area (Å²) in [7, 11) is 1.72. The maximum Gasteiger partial charge on any atom is 0.411 e. The Balaban J connectivity index is 2.34. The minimum Gasteiger partial charge on any atom is -0.367 e. The molecule has 26 heavy (non-hydrogen) atoms. The van der Waals surface area contributed by atoms with E-state index in [-0.39, 0.29) is 6.61 Å². The SMILES string of the molecule is CCN(CC)CCNC(=NC)NCc1ccc(COCC(F)(F)F)cc1. The number of alkyl halides is 3. The Kier molecular flexibility index (Phi) is 10.0. The van der Waals surface area contributed by atoms with Crippen molar-refractivity contribution < 1.29 is 17.9 Å². The third-order valence-electron chi connectivity index (χ3n) is 3.86. The summed E-state index contributed by atoms with van der Waals surface area (Å²) in [6.45, 7) is 7.34. The molecule has 0 spiro atoms. The molecule has 0 unspecified atom stereocenters. The number of rotatable bonds is 10. The molecule has 0 amide bonds. The summed E-state index contributed by atoms with van der Waals surface area (Å²) >= 11 is 0. The highest BCUT2D eigenvalue weighted by Crippen LogP contribution is 2.15. The van der Waals surface area contributed by atoms with E-state index in [1.807, 2.05) is 12.1 Å². The van der Waals surface area contributed by atoms with E-state index in [9.17, 15) is 13.2 Å². The van der Waals surface area contributed by atoms with Crippen LogP contribution in [-0.2, 0) is 17.9 Å². The van der Waals surface area contributed by atoms with Crippen LogP contribution in [0.1, 0.15) is 25.0 Å². The molecule has 0 aromatic heterocycles. The van der Waals surface area contributed by atoms with Gasteiger partial charge in [-0.15, -0.1) is 0 Å². The van der Waals surface area contributed by atoms with Crippen molar-refractivity contribution in [2.24, 2.45) is 4.99 Å². The highest BCUT2D eigenvalue weighted by Gasteiger charge is 2.27. The first-order valence-electron chi connectivity index (χ1n) is 8.77. The molecule has 0 saturated heterocycles. The lowest BCUT2D eigenvalue weighted by molar-refractivity contribution is -0.176. The number of hydrogen-bond acceptors (Lipinski definition) is 3. The zero-order valence-corrected chi connectivity index (χ0v) is 15.7. The zero-order chi connectivity index (χ0) is 19.4. The number of hydrogen-bond donors (Lipinski definition) is 2. The van der Waals surface area contributed by atoms with Crippen LogP contribution in [0.2, 0.25) is 0 Å². The number of nitrogens with one attached hydrogen (secondary N) is 2. The first-order valence-corrected chi connectivity index (χ1v) is 8.77. The van der Waals surface area contributed by atoms with E-state index in [0.717, 1.165) is 37.7 Å². The third kappa shape index (κ3) is 9.62. The highest BCUT2D eigenvalue weighted by molar-refractivity contribution is 5.79. The van der Waals surface area contributed by atoms with Gasteiger partial charge in [-0.1, -0.05) is 38.1 Å². The second kappa shape index (κ2) is 11.7. The lowest BCUT2D eigenvalue weighted by Crippen LogP contribution is -2.41. The standard InChI is InChI=1S/C18H29F3N4O/c1-4-25(5-2)11-10-23-17(22-3)24-12-15-6-8-16(9-7-15)13-26-14-18(19,20)21/h6-9H,4-5,10-14H2,1-3H3,(H2,22,23,24). The van der Waals surface area contributed by atoms with Gasteiger partial charge in [0.1, 0.15) is 6.61 Å². The fourth-order valence-corrected chi connectivity index (χ4v) is 2.32. The Morgan fingerprint density at radius 2 is 1.69 bits per heavy atom. The summed E-state index contributed by atoms with van der Waals surface area (Å²) < 4.78 is 40.8. The molecule has 0 fully saturated rings. The van der Waals surface area contributed by atoms with Gasteiger partial charge in [-0.3, -0.25) is 4.99 Å². The molecule has 8 heteroatoms. The molecule has 148 valence electrons. The summed E-state index contributed by atoms with van der Waals surface area (Å²) in [5.74, 6) is 0.717. The molecule has 0 heterocycles. The van der Waals surface area contributed by atoms with Gasteiger partial charge < -0.3 is 20.3 Å². The number of nitrogens with zero attached hydrogens (tertiary/aromatic N) is 2. The van der Waals surface area contributed by atoms with Crippen LogP contribution in [0.15, 0.2) is 29.3 Å². The van der Waals surface area contributed by atoms with Crippen molar-refractivity contribution in [2.75, 3.05) is 39.8 Å². The molecular weight excluding hydrogens is 345 g/mol. The largest absolute Gasteiger partial charge is 0.411 e. The lowest BCUT2D eigenvalue weighted by Gasteiger charge is -2.19. The topological polar surface area (TPSA) is 48.9 Å². The Morgan fingerprint density at radius 3 is 2.23 bits per heavy atom. The van der Waals surface area contributed by atoms with Crippen LogP contribution >= 0.6 is 0 Å². The van der Waals surface area contributed by atoms with Gasteiger partial charge in [0.15, 0.2) is 5.96 Å². The van der Waals surface area contributed by atoms with Gasteiger partial charge in [0.05, 0.1) is 6.61 Å². The molecule has 1 rings (SSSR count). The second-order valence-electron chi connectivity index (χ2n) is 5.80. The number of ether oxygens (including phenoxy) is 1. The summed E-state index contributed by atoms with van der Waals surface area (Å²) in [5, 5.41) is 6.48. The molecule has 1 aromatic rings. The van der Waals surface area contributed by atoms with Gasteiger partial charge in [0.2, 0.25) is 0 Å². The number of benzene rings is 1. The second-order valence-corrected chi connectivity index (χ2v) is 5.80. The molecule has 0 aliphatic rings. The average molecular weight is 374 g/mol. The molecule has 0 atom stereocenters. The summed E-state index contributed by atoms with van der Waals surface area (Å²) in [6, 6.07) is 7.26. The predicted octanol–water partition coefficient (Wildman–Crippen LogP) is 2.77. The summed E-state index contributed by atoms with van der Waals surface area (Å²) in [6.07, 6.45) is -4.29. The number of halogens is 3. The molecule has 0 saturated carbocycles. The monoisotopic (exact) mass is 374 g/mol. The number of guanidine groups is 1. The normalized spacial score (nSPS) is 12.5. The van der Waals surface area contributed by atoms with Gasteiger partial charge in [-0.2, -0.15) is 13.2 Å². The molecule has 0 radical (unpaired) electrons. The van der Waals surface area contributed by atoms with Gasteiger partial charge in [-0.25, -0.2) is 0 Å². The van der Waals surface area contributed by atoms with Crippen molar-refractivity contribution in [3.63, 3.8) is 0 Å². The van der Waals surface area contributed by atoms with E-state index in [1.54, 1.807) is 19.2 Å². The fourth-order valence-electron chi connectivity index (χ4n) is 2.32. The maximum atomic E-state index is 12.1. The van der Waals surface area contributed by atoms with Crippen molar-refractivity contribution in [1.82, 2.24) is 15.5 Å². The van der Waals surface area contributed by atoms with Crippen LogP contribution < -0.4 is 10.6 Å². The number of aliphatic imine (C=N–C) groups is 1. The summed E-state index contributed by atoms with van der Waals surface area (Å²) in [5.41, 5.74) is 1.72. The first kappa shape index (κ1) is 22.2. The van der Waals surface area contributed by atoms with Crippen LogP contribution in [0, 0.1) is 0 Å². The molecule has 5 nitrogen and oxygen atoms in total. The van der Waals surface area contributed by atoms with Crippen molar-refractivity contribution >= 4 is 5.96 Å².